The van der Waals surface area contributed by atoms with Gasteiger partial charge in [0, 0.05) is 18.8 Å². The predicted molar refractivity (Wildman–Crippen MR) is 75.6 cm³/mol. The smallest absolute Gasteiger partial charge is 0.239 e. The Morgan fingerprint density at radius 1 is 1.16 bits per heavy atom. The van der Waals surface area contributed by atoms with Crippen molar-refractivity contribution in [3.8, 4) is 5.75 Å². The van der Waals surface area contributed by atoms with E-state index in [1.165, 1.54) is 0 Å². The largest absolute Gasteiger partial charge is 0.491 e. The Morgan fingerprint density at radius 3 is 2.53 bits per heavy atom. The molecule has 1 amide bonds. The van der Waals surface area contributed by atoms with E-state index in [1.54, 1.807) is 0 Å². The van der Waals surface area contributed by atoms with Crippen LogP contribution in [0.15, 0.2) is 24.3 Å². The van der Waals surface area contributed by atoms with E-state index in [0.29, 0.717) is 26.4 Å². The van der Waals surface area contributed by atoms with E-state index in [0.717, 1.165) is 11.4 Å². The van der Waals surface area contributed by atoms with E-state index in [2.05, 4.69) is 10.6 Å². The average Bonchev–Trinajstić information content (AvgIpc) is 2.43. The van der Waals surface area contributed by atoms with Crippen molar-refractivity contribution in [3.05, 3.63) is 24.3 Å². The molecule has 0 spiro atoms. The molecule has 0 saturated heterocycles. The van der Waals surface area contributed by atoms with Crippen LogP contribution in [-0.4, -0.2) is 38.8 Å². The number of rotatable bonds is 9. The molecule has 1 rings (SSSR count). The Bertz CT molecular complexity index is 365. The second kappa shape index (κ2) is 9.22. The Kier molecular flexibility index (Phi) is 7.43. The van der Waals surface area contributed by atoms with Crippen LogP contribution < -0.4 is 15.4 Å². The number of likely N-dealkylation sites (N-methyl/N-ethyl adjacent to an activating group) is 1. The molecule has 5 heteroatoms. The fourth-order valence-corrected chi connectivity index (χ4v) is 1.47. The molecule has 0 fully saturated rings. The van der Waals surface area contributed by atoms with Gasteiger partial charge in [-0.25, -0.2) is 0 Å². The van der Waals surface area contributed by atoms with Gasteiger partial charge in [0.05, 0.1) is 13.2 Å². The van der Waals surface area contributed by atoms with Crippen LogP contribution in [-0.2, 0) is 9.53 Å². The molecule has 0 radical (unpaired) electrons. The van der Waals surface area contributed by atoms with Crippen molar-refractivity contribution in [2.45, 2.75) is 13.8 Å². The second-order valence-electron chi connectivity index (χ2n) is 3.88. The van der Waals surface area contributed by atoms with E-state index >= 15 is 0 Å². The topological polar surface area (TPSA) is 59.6 Å². The summed E-state index contributed by atoms with van der Waals surface area (Å²) in [5.74, 6) is 0.780. The molecule has 0 unspecified atom stereocenters. The van der Waals surface area contributed by atoms with Crippen LogP contribution in [0.25, 0.3) is 0 Å². The summed E-state index contributed by atoms with van der Waals surface area (Å²) in [5, 5.41) is 5.77. The minimum absolute atomic E-state index is 0.0143. The highest BCUT2D eigenvalue weighted by atomic mass is 16.5. The summed E-state index contributed by atoms with van der Waals surface area (Å²) < 4.78 is 10.7. The summed E-state index contributed by atoms with van der Waals surface area (Å²) in [6.45, 7) is 6.60. The minimum atomic E-state index is -0.0143. The number of nitrogens with one attached hydrogen (secondary N) is 2. The van der Waals surface area contributed by atoms with Gasteiger partial charge in [-0.1, -0.05) is 0 Å². The van der Waals surface area contributed by atoms with E-state index in [4.69, 9.17) is 9.47 Å². The van der Waals surface area contributed by atoms with Gasteiger partial charge < -0.3 is 20.1 Å². The fraction of sp³-hybridized carbons (Fsp3) is 0.500. The molecule has 0 saturated carbocycles. The molecule has 0 aromatic heterocycles. The molecule has 2 N–H and O–H groups in total. The van der Waals surface area contributed by atoms with Gasteiger partial charge >= 0.3 is 0 Å². The molecular weight excluding hydrogens is 244 g/mol. The van der Waals surface area contributed by atoms with Gasteiger partial charge in [-0.05, 0) is 38.1 Å². The molecule has 19 heavy (non-hydrogen) atoms. The average molecular weight is 266 g/mol. The molecule has 0 heterocycles. The van der Waals surface area contributed by atoms with Gasteiger partial charge in [0.2, 0.25) is 5.91 Å². The maximum absolute atomic E-state index is 11.3. The molecule has 106 valence electrons. The van der Waals surface area contributed by atoms with E-state index < -0.39 is 0 Å². The molecule has 0 aliphatic rings. The summed E-state index contributed by atoms with van der Waals surface area (Å²) in [4.78, 5) is 11.3. The zero-order valence-corrected chi connectivity index (χ0v) is 11.6. The van der Waals surface area contributed by atoms with Crippen LogP contribution in [0.1, 0.15) is 13.8 Å². The highest BCUT2D eigenvalue weighted by molar-refractivity contribution is 5.80. The number of carbonyl (C=O) groups is 1. The van der Waals surface area contributed by atoms with E-state index in [1.807, 2.05) is 38.1 Å². The molecule has 0 aliphatic heterocycles. The number of hydrogen-bond donors (Lipinski definition) is 2. The molecule has 0 bridgehead atoms. The van der Waals surface area contributed by atoms with Crippen LogP contribution >= 0.6 is 0 Å². The maximum atomic E-state index is 11.3. The highest BCUT2D eigenvalue weighted by Crippen LogP contribution is 2.15. The third-order valence-electron chi connectivity index (χ3n) is 2.38. The third-order valence-corrected chi connectivity index (χ3v) is 2.38. The molecule has 1 aromatic carbocycles. The van der Waals surface area contributed by atoms with Crippen molar-refractivity contribution < 1.29 is 14.3 Å². The Hall–Kier alpha value is -1.75. The summed E-state index contributed by atoms with van der Waals surface area (Å²) in [6, 6.07) is 7.50. The third kappa shape index (κ3) is 6.67. The maximum Gasteiger partial charge on any atom is 0.239 e. The number of ether oxygens (including phenoxy) is 2. The standard InChI is InChI=1S/C14H22N2O3/c1-3-15-14(17)11-16-12-5-7-13(8-6-12)19-10-9-18-4-2/h5-8,16H,3-4,9-11H2,1-2H3,(H,15,17). The van der Waals surface area contributed by atoms with Gasteiger partial charge in [0.15, 0.2) is 0 Å². The van der Waals surface area contributed by atoms with E-state index in [9.17, 15) is 4.79 Å². The first-order chi connectivity index (χ1) is 9.26. The van der Waals surface area contributed by atoms with Crippen LogP contribution in [0, 0.1) is 0 Å². The first-order valence-electron chi connectivity index (χ1n) is 6.57. The Balaban J connectivity index is 2.29. The first-order valence-corrected chi connectivity index (χ1v) is 6.57. The van der Waals surface area contributed by atoms with Gasteiger partial charge in [0.1, 0.15) is 12.4 Å². The second-order valence-corrected chi connectivity index (χ2v) is 3.88. The van der Waals surface area contributed by atoms with Crippen LogP contribution in [0.3, 0.4) is 0 Å². The normalized spacial score (nSPS) is 10.0. The van der Waals surface area contributed by atoms with E-state index in [-0.39, 0.29) is 12.5 Å². The Labute approximate surface area is 114 Å². The van der Waals surface area contributed by atoms with Crippen molar-refractivity contribution in [2.24, 2.45) is 0 Å². The lowest BCUT2D eigenvalue weighted by molar-refractivity contribution is -0.119. The van der Waals surface area contributed by atoms with Gasteiger partial charge in [-0.15, -0.1) is 0 Å². The molecular formula is C14H22N2O3. The summed E-state index contributed by atoms with van der Waals surface area (Å²) in [5.41, 5.74) is 0.892. The predicted octanol–water partition coefficient (Wildman–Crippen LogP) is 1.65. The number of anilines is 1. The van der Waals surface area contributed by atoms with Crippen LogP contribution in [0.4, 0.5) is 5.69 Å². The monoisotopic (exact) mass is 266 g/mol. The number of amides is 1. The lowest BCUT2D eigenvalue weighted by Crippen LogP contribution is -2.29. The number of benzene rings is 1. The van der Waals surface area contributed by atoms with Crippen molar-refractivity contribution in [1.82, 2.24) is 5.32 Å². The van der Waals surface area contributed by atoms with Gasteiger partial charge in [-0.2, -0.15) is 0 Å². The SMILES string of the molecule is CCNC(=O)CNc1ccc(OCCOCC)cc1. The molecule has 0 atom stereocenters. The van der Waals surface area contributed by atoms with Crippen LogP contribution in [0.2, 0.25) is 0 Å². The van der Waals surface area contributed by atoms with Gasteiger partial charge in [0.25, 0.3) is 0 Å². The zero-order chi connectivity index (χ0) is 13.9. The zero-order valence-electron chi connectivity index (χ0n) is 11.6. The minimum Gasteiger partial charge on any atom is -0.491 e. The molecule has 5 nitrogen and oxygen atoms in total. The van der Waals surface area contributed by atoms with Crippen LogP contribution in [0.5, 0.6) is 5.75 Å². The lowest BCUT2D eigenvalue weighted by atomic mass is 10.3. The quantitative estimate of drug-likeness (QED) is 0.667. The Morgan fingerprint density at radius 2 is 1.89 bits per heavy atom. The summed E-state index contributed by atoms with van der Waals surface area (Å²) in [6.07, 6.45) is 0. The van der Waals surface area contributed by atoms with Crippen molar-refractivity contribution >= 4 is 11.6 Å². The molecule has 0 aliphatic carbocycles. The fourth-order valence-electron chi connectivity index (χ4n) is 1.47. The first kappa shape index (κ1) is 15.3. The lowest BCUT2D eigenvalue weighted by Gasteiger charge is -2.09. The highest BCUT2D eigenvalue weighted by Gasteiger charge is 1.99. The summed E-state index contributed by atoms with van der Waals surface area (Å²) in [7, 11) is 0. The van der Waals surface area contributed by atoms with Crippen molar-refractivity contribution in [2.75, 3.05) is 38.2 Å². The summed E-state index contributed by atoms with van der Waals surface area (Å²) >= 11 is 0. The van der Waals surface area contributed by atoms with Gasteiger partial charge in [-0.3, -0.25) is 4.79 Å². The molecule has 1 aromatic rings. The number of carbonyl (C=O) groups excluding carboxylic acids is 1. The number of hydrogen-bond acceptors (Lipinski definition) is 4. The van der Waals surface area contributed by atoms with Crippen molar-refractivity contribution in [3.63, 3.8) is 0 Å². The van der Waals surface area contributed by atoms with Crippen molar-refractivity contribution in [1.29, 1.82) is 0 Å².